The molecule has 0 spiro atoms. The molecular formula is C23H29F3N2O4S. The molecule has 1 aliphatic carbocycles. The minimum absolute atomic E-state index is 0.0224. The summed E-state index contributed by atoms with van der Waals surface area (Å²) in [7, 11) is -0.104. The second-order valence-electron chi connectivity index (χ2n) is 8.26. The highest BCUT2D eigenvalue weighted by Crippen LogP contribution is 2.29. The van der Waals surface area contributed by atoms with Gasteiger partial charge in [-0.2, -0.15) is 21.6 Å². The van der Waals surface area contributed by atoms with Crippen LogP contribution < -0.4 is 5.32 Å². The molecule has 10 heteroatoms. The zero-order valence-corrected chi connectivity index (χ0v) is 19.6. The number of hydrogen-bond donors (Lipinski definition) is 2. The Morgan fingerprint density at radius 3 is 2.21 bits per heavy atom. The molecule has 2 aromatic rings. The van der Waals surface area contributed by atoms with Gasteiger partial charge in [0.05, 0.1) is 10.5 Å². The first-order valence-corrected chi connectivity index (χ1v) is 11.9. The Bertz CT molecular complexity index is 1040. The van der Waals surface area contributed by atoms with E-state index < -0.39 is 27.8 Å². The molecule has 182 valence electrons. The number of halogens is 3. The Morgan fingerprint density at radius 1 is 1.06 bits per heavy atom. The number of alkyl halides is 3. The van der Waals surface area contributed by atoms with Crippen molar-refractivity contribution in [1.82, 2.24) is 10.2 Å². The maximum Gasteiger partial charge on any atom is 0.416 e. The van der Waals surface area contributed by atoms with E-state index in [0.717, 1.165) is 43.4 Å². The highest BCUT2D eigenvalue weighted by Gasteiger charge is 2.32. The third-order valence-electron chi connectivity index (χ3n) is 5.48. The Kier molecular flexibility index (Phi) is 9.04. The first-order chi connectivity index (χ1) is 15.3. The van der Waals surface area contributed by atoms with Gasteiger partial charge in [0.15, 0.2) is 0 Å². The molecule has 1 amide bonds. The number of nitrogens with one attached hydrogen (secondary N) is 1. The van der Waals surface area contributed by atoms with Crippen molar-refractivity contribution in [3.05, 3.63) is 65.2 Å². The van der Waals surface area contributed by atoms with Crippen LogP contribution in [0.2, 0.25) is 0 Å². The van der Waals surface area contributed by atoms with Crippen molar-refractivity contribution in [2.24, 2.45) is 0 Å². The number of aryl methyl sites for hydroxylation is 1. The summed E-state index contributed by atoms with van der Waals surface area (Å²) in [6.07, 6.45) is -0.460. The average Bonchev–Trinajstić information content (AvgIpc) is 2.73. The van der Waals surface area contributed by atoms with Crippen molar-refractivity contribution in [3.63, 3.8) is 0 Å². The van der Waals surface area contributed by atoms with Gasteiger partial charge in [0, 0.05) is 17.6 Å². The van der Waals surface area contributed by atoms with Gasteiger partial charge in [-0.15, -0.1) is 0 Å². The molecule has 0 heterocycles. The molecule has 0 saturated heterocycles. The third-order valence-corrected chi connectivity index (χ3v) is 6.35. The maximum absolute atomic E-state index is 12.7. The number of carbonyl (C=O) groups excluding carboxylic acids is 1. The minimum Gasteiger partial charge on any atom is -0.348 e. The molecule has 2 aromatic carbocycles. The highest BCUT2D eigenvalue weighted by molar-refractivity contribution is 7.85. The zero-order valence-electron chi connectivity index (χ0n) is 18.8. The lowest BCUT2D eigenvalue weighted by molar-refractivity contribution is -0.137. The number of benzene rings is 2. The fourth-order valence-corrected chi connectivity index (χ4v) is 4.18. The van der Waals surface area contributed by atoms with E-state index in [0.29, 0.717) is 0 Å². The topological polar surface area (TPSA) is 86.7 Å². The molecule has 6 nitrogen and oxygen atoms in total. The molecule has 0 bridgehead atoms. The number of hydrogen-bond acceptors (Lipinski definition) is 4. The average molecular weight is 487 g/mol. The Hall–Kier alpha value is -2.43. The van der Waals surface area contributed by atoms with Crippen LogP contribution in [0.5, 0.6) is 0 Å². The molecule has 2 N–H and O–H groups in total. The molecule has 0 aliphatic heterocycles. The summed E-state index contributed by atoms with van der Waals surface area (Å²) in [5.74, 6) is -0.440. The summed E-state index contributed by atoms with van der Waals surface area (Å²) < 4.78 is 67.7. The van der Waals surface area contributed by atoms with Crippen molar-refractivity contribution < 1.29 is 30.9 Å². The summed E-state index contributed by atoms with van der Waals surface area (Å²) in [5, 5.41) is 2.90. The molecule has 0 unspecified atom stereocenters. The van der Waals surface area contributed by atoms with Crippen LogP contribution in [0.4, 0.5) is 13.2 Å². The van der Waals surface area contributed by atoms with E-state index in [4.69, 9.17) is 4.55 Å². The predicted octanol–water partition coefficient (Wildman–Crippen LogP) is 4.55. The van der Waals surface area contributed by atoms with Gasteiger partial charge in [0.2, 0.25) is 0 Å². The van der Waals surface area contributed by atoms with Gasteiger partial charge in [0.25, 0.3) is 16.0 Å². The maximum atomic E-state index is 12.7. The van der Waals surface area contributed by atoms with Crippen molar-refractivity contribution >= 4 is 16.0 Å². The number of likely N-dealkylation sites (N-methyl/N-ethyl adjacent to an activating group) is 1. The van der Waals surface area contributed by atoms with E-state index in [1.54, 1.807) is 12.1 Å². The Labute approximate surface area is 192 Å². The smallest absolute Gasteiger partial charge is 0.348 e. The second kappa shape index (κ2) is 11.1. The summed E-state index contributed by atoms with van der Waals surface area (Å²) in [6, 6.07) is 10.7. The predicted molar refractivity (Wildman–Crippen MR) is 120 cm³/mol. The van der Waals surface area contributed by atoms with E-state index in [9.17, 15) is 26.4 Å². The summed E-state index contributed by atoms with van der Waals surface area (Å²) in [5.41, 5.74) is 0.211. The number of rotatable bonds is 4. The van der Waals surface area contributed by atoms with Gasteiger partial charge in [-0.05, 0) is 64.2 Å². The first kappa shape index (κ1) is 26.8. The Morgan fingerprint density at radius 2 is 1.67 bits per heavy atom. The summed E-state index contributed by atoms with van der Waals surface area (Å²) in [6.45, 7) is 1.84. The van der Waals surface area contributed by atoms with Crippen LogP contribution in [0.25, 0.3) is 0 Å². The molecule has 1 aliphatic rings. The summed E-state index contributed by atoms with van der Waals surface area (Å²) >= 11 is 0. The number of nitrogens with zero attached hydrogens (tertiary/aromatic N) is 1. The lowest BCUT2D eigenvalue weighted by Crippen LogP contribution is -2.51. The molecule has 3 rings (SSSR count). The van der Waals surface area contributed by atoms with E-state index in [-0.39, 0.29) is 22.5 Å². The van der Waals surface area contributed by atoms with Gasteiger partial charge >= 0.3 is 6.18 Å². The van der Waals surface area contributed by atoms with Crippen molar-refractivity contribution in [2.75, 3.05) is 14.1 Å². The van der Waals surface area contributed by atoms with Crippen LogP contribution in [-0.4, -0.2) is 50.0 Å². The minimum atomic E-state index is -4.44. The monoisotopic (exact) mass is 486 g/mol. The van der Waals surface area contributed by atoms with Crippen LogP contribution in [0.15, 0.2) is 53.4 Å². The van der Waals surface area contributed by atoms with Crippen LogP contribution in [-0.2, 0) is 16.3 Å². The van der Waals surface area contributed by atoms with Gasteiger partial charge in [-0.1, -0.05) is 36.6 Å². The first-order valence-electron chi connectivity index (χ1n) is 10.5. The molecular weight excluding hydrogens is 457 g/mol. The van der Waals surface area contributed by atoms with Crippen molar-refractivity contribution in [3.8, 4) is 0 Å². The van der Waals surface area contributed by atoms with Crippen LogP contribution in [0.1, 0.15) is 47.2 Å². The lowest BCUT2D eigenvalue weighted by atomic mass is 9.89. The SMILES string of the molecule is CN(C)[C@@H]1CCCC[C@H]1NC(=O)c1cccc(C(F)(F)F)c1.Cc1ccc(S(=O)(=O)O)cc1. The van der Waals surface area contributed by atoms with E-state index in [1.807, 2.05) is 21.0 Å². The van der Waals surface area contributed by atoms with Crippen LogP contribution in [0.3, 0.4) is 0 Å². The van der Waals surface area contributed by atoms with E-state index in [1.165, 1.54) is 24.3 Å². The van der Waals surface area contributed by atoms with E-state index in [2.05, 4.69) is 10.2 Å². The van der Waals surface area contributed by atoms with Crippen LogP contribution >= 0.6 is 0 Å². The zero-order chi connectivity index (χ0) is 24.8. The van der Waals surface area contributed by atoms with E-state index >= 15 is 0 Å². The third kappa shape index (κ3) is 8.13. The standard InChI is InChI=1S/C16H21F3N2O.C7H8O3S/c1-21(2)14-9-4-3-8-13(14)20-15(22)11-6-5-7-12(10-11)16(17,18)19;1-6-2-4-7(5-3-6)11(8,9)10/h5-7,10,13-14H,3-4,8-9H2,1-2H3,(H,20,22);2-5H,1H3,(H,8,9,10)/t13-,14-;/m1./s1. The molecule has 2 atom stereocenters. The lowest BCUT2D eigenvalue weighted by Gasteiger charge is -2.36. The number of amides is 1. The van der Waals surface area contributed by atoms with Gasteiger partial charge in [-0.3, -0.25) is 9.35 Å². The quantitative estimate of drug-likeness (QED) is 0.620. The van der Waals surface area contributed by atoms with Gasteiger partial charge in [0.1, 0.15) is 0 Å². The fraction of sp³-hybridized carbons (Fsp3) is 0.435. The highest BCUT2D eigenvalue weighted by atomic mass is 32.2. The van der Waals surface area contributed by atoms with Crippen LogP contribution in [0, 0.1) is 6.92 Å². The molecule has 0 radical (unpaired) electrons. The Balaban J connectivity index is 0.000000294. The molecule has 1 saturated carbocycles. The largest absolute Gasteiger partial charge is 0.416 e. The number of carbonyl (C=O) groups is 1. The molecule has 0 aromatic heterocycles. The fourth-order valence-electron chi connectivity index (χ4n) is 3.70. The van der Waals surface area contributed by atoms with Gasteiger partial charge in [-0.25, -0.2) is 0 Å². The van der Waals surface area contributed by atoms with Crippen molar-refractivity contribution in [2.45, 2.75) is 55.8 Å². The second-order valence-corrected chi connectivity index (χ2v) is 9.68. The molecule has 1 fully saturated rings. The molecule has 33 heavy (non-hydrogen) atoms. The summed E-state index contributed by atoms with van der Waals surface area (Å²) in [4.78, 5) is 14.3. The van der Waals surface area contributed by atoms with Gasteiger partial charge < -0.3 is 10.2 Å². The normalized spacial score (nSPS) is 18.9. The van der Waals surface area contributed by atoms with Crippen molar-refractivity contribution in [1.29, 1.82) is 0 Å².